The van der Waals surface area contributed by atoms with Crippen molar-refractivity contribution in [3.63, 3.8) is 0 Å². The Morgan fingerprint density at radius 1 is 0.569 bits per heavy atom. The normalized spacial score (nSPS) is 15.6. The first-order chi connectivity index (χ1) is 25.2. The highest BCUT2D eigenvalue weighted by atomic mass is 32.1. The number of fused-ring (bicyclic) bond motifs is 10. The van der Waals surface area contributed by atoms with Crippen LogP contribution in [0.3, 0.4) is 0 Å². The molecular formula is C48H33N2S+. The molecule has 51 heavy (non-hydrogen) atoms. The maximum absolute atomic E-state index is 2.48. The molecular weight excluding hydrogens is 637 g/mol. The number of hydrogen-bond acceptors (Lipinski definition) is 1. The van der Waals surface area contributed by atoms with Crippen LogP contribution >= 0.6 is 11.3 Å². The first-order valence-corrected chi connectivity index (χ1v) is 18.7. The van der Waals surface area contributed by atoms with E-state index >= 15 is 0 Å². The number of nitrogens with zero attached hydrogens (tertiary/aromatic N) is 2. The van der Waals surface area contributed by atoms with E-state index in [4.69, 9.17) is 0 Å². The topological polar surface area (TPSA) is 7.94 Å². The number of hydrogen-bond donors (Lipinski definition) is 0. The van der Waals surface area contributed by atoms with E-state index in [0.717, 1.165) is 6.42 Å². The SMILES string of the molecule is CC1CC=CC=C1c1ccc2c(c1)c1c3ccc4sc5ccccc5c4c3ccc1n2[N+]1=c2ccccc2=C1c1ccc(-c2ccccc2)cc1. The van der Waals surface area contributed by atoms with Gasteiger partial charge in [-0.1, -0.05) is 121 Å². The van der Waals surface area contributed by atoms with Crippen LogP contribution in [0.25, 0.3) is 75.1 Å². The number of para-hydroxylation sites is 1. The highest BCUT2D eigenvalue weighted by Crippen LogP contribution is 2.43. The Labute approximate surface area is 299 Å². The summed E-state index contributed by atoms with van der Waals surface area (Å²) in [5.41, 5.74) is 10.0. The molecule has 0 saturated heterocycles. The van der Waals surface area contributed by atoms with Gasteiger partial charge in [0, 0.05) is 37.0 Å². The summed E-state index contributed by atoms with van der Waals surface area (Å²) in [7, 11) is 0. The fourth-order valence-electron chi connectivity index (χ4n) is 8.63. The molecule has 0 bridgehead atoms. The minimum absolute atomic E-state index is 0.482. The van der Waals surface area contributed by atoms with E-state index in [1.54, 1.807) is 0 Å². The Kier molecular flexibility index (Phi) is 6.20. The van der Waals surface area contributed by atoms with E-state index in [-0.39, 0.29) is 0 Å². The number of aromatic nitrogens is 1. The monoisotopic (exact) mass is 669 g/mol. The van der Waals surface area contributed by atoms with Gasteiger partial charge in [0.15, 0.2) is 0 Å². The van der Waals surface area contributed by atoms with Crippen molar-refractivity contribution < 1.29 is 0 Å². The second kappa shape index (κ2) is 11.0. The molecule has 0 fully saturated rings. The third kappa shape index (κ3) is 4.19. The van der Waals surface area contributed by atoms with Crippen molar-refractivity contribution in [3.05, 3.63) is 186 Å². The fourth-order valence-corrected chi connectivity index (χ4v) is 9.75. The third-order valence-corrected chi connectivity index (χ3v) is 12.2. The van der Waals surface area contributed by atoms with Crippen molar-refractivity contribution >= 4 is 75.4 Å². The van der Waals surface area contributed by atoms with E-state index < -0.39 is 0 Å². The van der Waals surface area contributed by atoms with Gasteiger partial charge in [0.05, 0.1) is 5.56 Å². The van der Waals surface area contributed by atoms with Crippen LogP contribution in [0.1, 0.15) is 24.5 Å². The lowest BCUT2D eigenvalue weighted by Gasteiger charge is -2.18. The third-order valence-electron chi connectivity index (χ3n) is 11.1. The Bertz CT molecular complexity index is 3100. The maximum Gasteiger partial charge on any atom is 0.258 e. The Hall–Kier alpha value is -6.03. The Balaban J connectivity index is 1.21. The van der Waals surface area contributed by atoms with Gasteiger partial charge in [-0.05, 0) is 93.9 Å². The first-order valence-electron chi connectivity index (χ1n) is 17.8. The highest BCUT2D eigenvalue weighted by Gasteiger charge is 2.34. The second-order valence-electron chi connectivity index (χ2n) is 13.9. The molecule has 1 aliphatic heterocycles. The predicted molar refractivity (Wildman–Crippen MR) is 217 cm³/mol. The molecule has 9 aromatic rings. The molecule has 11 rings (SSSR count). The van der Waals surface area contributed by atoms with Crippen LogP contribution < -0.4 is 15.3 Å². The lowest BCUT2D eigenvalue weighted by molar-refractivity contribution is 0.625. The van der Waals surface area contributed by atoms with Gasteiger partial charge in [-0.2, -0.15) is 0 Å². The molecule has 3 heteroatoms. The van der Waals surface area contributed by atoms with E-state index in [1.165, 1.54) is 96.9 Å². The standard InChI is InChI=1S/C48H33N2S/c1-30-11-5-6-14-35(30)34-23-26-42-40(29-34)46-36-25-28-45-47(39-16-8-10-18-44(39)51-45)37(36)24-27-43(46)49(42)50-41-17-9-7-15-38(41)48(50)33-21-19-32(20-22-33)31-12-3-2-4-13-31/h2-10,12-30H,11H2,1H3/q+1. The minimum Gasteiger partial charge on any atom is -0.135 e. The van der Waals surface area contributed by atoms with Gasteiger partial charge >= 0.3 is 0 Å². The van der Waals surface area contributed by atoms with Gasteiger partial charge in [0.2, 0.25) is 0 Å². The van der Waals surface area contributed by atoms with Crippen LogP contribution in [0.5, 0.6) is 0 Å². The zero-order chi connectivity index (χ0) is 33.6. The van der Waals surface area contributed by atoms with E-state index in [1.807, 2.05) is 11.3 Å². The number of rotatable bonds is 4. The molecule has 0 N–H and O–H groups in total. The average molecular weight is 670 g/mol. The van der Waals surface area contributed by atoms with Crippen molar-refractivity contribution in [2.45, 2.75) is 13.3 Å². The van der Waals surface area contributed by atoms with Crippen LogP contribution in [0.15, 0.2) is 164 Å². The molecule has 240 valence electrons. The van der Waals surface area contributed by atoms with Gasteiger partial charge in [-0.3, -0.25) is 0 Å². The lowest BCUT2D eigenvalue weighted by atomic mass is 9.87. The minimum atomic E-state index is 0.482. The Morgan fingerprint density at radius 3 is 2.16 bits per heavy atom. The van der Waals surface area contributed by atoms with Crippen LogP contribution in [0.2, 0.25) is 0 Å². The molecule has 0 saturated carbocycles. The summed E-state index contributed by atoms with van der Waals surface area (Å²) in [6, 6.07) is 54.0. The smallest absolute Gasteiger partial charge is 0.135 e. The van der Waals surface area contributed by atoms with Crippen LogP contribution in [-0.4, -0.2) is 4.68 Å². The second-order valence-corrected chi connectivity index (χ2v) is 15.0. The van der Waals surface area contributed by atoms with Gasteiger partial charge in [0.1, 0.15) is 16.3 Å². The first kappa shape index (κ1) is 28.8. The molecule has 2 aliphatic rings. The van der Waals surface area contributed by atoms with Gasteiger partial charge in [-0.25, -0.2) is 0 Å². The lowest BCUT2D eigenvalue weighted by Crippen LogP contribution is -2.53. The van der Waals surface area contributed by atoms with Crippen molar-refractivity contribution in [1.82, 2.24) is 9.36 Å². The summed E-state index contributed by atoms with van der Waals surface area (Å²) in [5, 5.41) is 10.4. The van der Waals surface area contributed by atoms with Crippen molar-refractivity contribution in [2.75, 3.05) is 0 Å². The molecule has 0 spiro atoms. The molecule has 3 heterocycles. The predicted octanol–water partition coefficient (Wildman–Crippen LogP) is 11.1. The molecule has 2 aromatic heterocycles. The van der Waals surface area contributed by atoms with E-state index in [0.29, 0.717) is 5.92 Å². The Morgan fingerprint density at radius 2 is 1.27 bits per heavy atom. The van der Waals surface area contributed by atoms with Crippen molar-refractivity contribution in [3.8, 4) is 11.1 Å². The summed E-state index contributed by atoms with van der Waals surface area (Å²) >= 11 is 1.89. The number of benzene rings is 7. The van der Waals surface area contributed by atoms with Crippen LogP contribution in [-0.2, 0) is 0 Å². The van der Waals surface area contributed by atoms with E-state index in [2.05, 4.69) is 180 Å². The molecule has 1 atom stereocenters. The molecule has 1 unspecified atom stereocenters. The zero-order valence-corrected chi connectivity index (χ0v) is 29.0. The summed E-state index contributed by atoms with van der Waals surface area (Å²) in [6.07, 6.45) is 7.89. The van der Waals surface area contributed by atoms with Crippen molar-refractivity contribution in [2.24, 2.45) is 5.92 Å². The van der Waals surface area contributed by atoms with Crippen LogP contribution in [0, 0.1) is 5.92 Å². The number of allylic oxidation sites excluding steroid dienone is 4. The van der Waals surface area contributed by atoms with Gasteiger partial charge < -0.3 is 0 Å². The maximum atomic E-state index is 2.48. The quantitative estimate of drug-likeness (QED) is 0.165. The highest BCUT2D eigenvalue weighted by molar-refractivity contribution is 7.26. The summed E-state index contributed by atoms with van der Waals surface area (Å²) in [4.78, 5) is 0. The summed E-state index contributed by atoms with van der Waals surface area (Å²) in [6.45, 7) is 2.35. The summed E-state index contributed by atoms with van der Waals surface area (Å²) in [5.74, 6) is 0.482. The van der Waals surface area contributed by atoms with Gasteiger partial charge in [-0.15, -0.1) is 16.0 Å². The summed E-state index contributed by atoms with van der Waals surface area (Å²) < 4.78 is 7.61. The van der Waals surface area contributed by atoms with Crippen molar-refractivity contribution in [1.29, 1.82) is 0 Å². The van der Waals surface area contributed by atoms with Crippen LogP contribution in [0.4, 0.5) is 0 Å². The largest absolute Gasteiger partial charge is 0.258 e. The molecule has 2 nitrogen and oxygen atoms in total. The molecule has 1 aliphatic carbocycles. The molecule has 7 aromatic carbocycles. The number of thiophene rings is 1. The van der Waals surface area contributed by atoms with E-state index in [9.17, 15) is 0 Å². The molecule has 0 amide bonds. The zero-order valence-electron chi connectivity index (χ0n) is 28.2. The molecule has 0 radical (unpaired) electrons. The fraction of sp³-hybridized carbons (Fsp3) is 0.0625. The van der Waals surface area contributed by atoms with Gasteiger partial charge in [0.25, 0.3) is 11.1 Å². The average Bonchev–Trinajstić information content (AvgIpc) is 3.72.